The number of nitrogens with zero attached hydrogens (tertiary/aromatic N) is 2. The van der Waals surface area contributed by atoms with Crippen molar-refractivity contribution >= 4 is 0 Å². The predicted molar refractivity (Wildman–Crippen MR) is 106 cm³/mol. The maximum absolute atomic E-state index is 9.97. The number of aromatic nitrogens is 2. The number of hydrogen-bond acceptors (Lipinski definition) is 5. The van der Waals surface area contributed by atoms with Crippen LogP contribution in [0.2, 0.25) is 0 Å². The molecule has 0 saturated heterocycles. The number of aromatic hydroxyl groups is 1. The summed E-state index contributed by atoms with van der Waals surface area (Å²) < 4.78 is 0. The topological polar surface area (TPSA) is 70.1 Å². The Balaban J connectivity index is 1.68. The van der Waals surface area contributed by atoms with Gasteiger partial charge in [0.15, 0.2) is 0 Å². The molecule has 0 atom stereocenters. The van der Waals surface area contributed by atoms with Crippen molar-refractivity contribution < 1.29 is 5.11 Å². The highest BCUT2D eigenvalue weighted by Gasteiger charge is 2.24. The third kappa shape index (κ3) is 5.78. The molecule has 142 valence electrons. The number of pyridine rings is 2. The van der Waals surface area contributed by atoms with Crippen LogP contribution in [0.3, 0.4) is 0 Å². The van der Waals surface area contributed by atoms with Gasteiger partial charge in [-0.2, -0.15) is 0 Å². The zero-order valence-electron chi connectivity index (χ0n) is 16.4. The predicted octanol–water partition coefficient (Wildman–Crippen LogP) is 3.70. The molecule has 0 aliphatic rings. The minimum atomic E-state index is -0.348. The first-order chi connectivity index (χ1) is 12.4. The monoisotopic (exact) mass is 356 g/mol. The van der Waals surface area contributed by atoms with Crippen LogP contribution in [0.4, 0.5) is 0 Å². The van der Waals surface area contributed by atoms with E-state index in [1.54, 1.807) is 18.3 Å². The molecule has 3 N–H and O–H groups in total. The minimum Gasteiger partial charge on any atom is -0.506 e. The summed E-state index contributed by atoms with van der Waals surface area (Å²) in [6.07, 6.45) is 5.72. The van der Waals surface area contributed by atoms with Crippen LogP contribution in [0, 0.1) is 0 Å². The highest BCUT2D eigenvalue weighted by Crippen LogP contribution is 2.25. The Morgan fingerprint density at radius 2 is 1.73 bits per heavy atom. The first kappa shape index (κ1) is 20.3. The fourth-order valence-corrected chi connectivity index (χ4v) is 3.07. The van der Waals surface area contributed by atoms with Gasteiger partial charge in [0, 0.05) is 18.9 Å². The van der Waals surface area contributed by atoms with Crippen molar-refractivity contribution in [3.05, 3.63) is 53.6 Å². The van der Waals surface area contributed by atoms with Crippen molar-refractivity contribution in [2.75, 3.05) is 13.1 Å². The van der Waals surface area contributed by atoms with E-state index >= 15 is 0 Å². The van der Waals surface area contributed by atoms with Gasteiger partial charge in [0.25, 0.3) is 0 Å². The molecule has 0 unspecified atom stereocenters. The molecule has 0 aliphatic carbocycles. The molecule has 5 heteroatoms. The number of unbranched alkanes of at least 4 members (excludes halogenated alkanes) is 1. The van der Waals surface area contributed by atoms with Gasteiger partial charge in [-0.05, 0) is 69.5 Å². The van der Waals surface area contributed by atoms with E-state index in [9.17, 15) is 5.11 Å². The van der Waals surface area contributed by atoms with E-state index in [0.717, 1.165) is 38.2 Å². The Morgan fingerprint density at radius 1 is 1.04 bits per heavy atom. The highest BCUT2D eigenvalue weighted by atomic mass is 16.3. The standard InChI is InChI=1S/C21H32N4O/c1-16(2)17-9-7-12-23-18(17)15-22-11-5-6-14-25-21(3,4)20-19(26)10-8-13-24-20/h7-10,12-13,16,22,25-26H,5-6,11,14-15H2,1-4H3. The Hall–Kier alpha value is -1.98. The maximum Gasteiger partial charge on any atom is 0.138 e. The van der Waals surface area contributed by atoms with Gasteiger partial charge in [-0.15, -0.1) is 0 Å². The van der Waals surface area contributed by atoms with Gasteiger partial charge in [0.05, 0.1) is 11.2 Å². The molecule has 0 fully saturated rings. The van der Waals surface area contributed by atoms with E-state index in [4.69, 9.17) is 0 Å². The van der Waals surface area contributed by atoms with Crippen molar-refractivity contribution in [2.24, 2.45) is 0 Å². The van der Waals surface area contributed by atoms with Crippen LogP contribution < -0.4 is 10.6 Å². The summed E-state index contributed by atoms with van der Waals surface area (Å²) in [7, 11) is 0. The lowest BCUT2D eigenvalue weighted by atomic mass is 9.98. The zero-order valence-corrected chi connectivity index (χ0v) is 16.4. The Labute approximate surface area is 157 Å². The second-order valence-electron chi connectivity index (χ2n) is 7.50. The van der Waals surface area contributed by atoms with E-state index in [-0.39, 0.29) is 11.3 Å². The number of hydrogen-bond donors (Lipinski definition) is 3. The molecular weight excluding hydrogens is 324 g/mol. The summed E-state index contributed by atoms with van der Waals surface area (Å²) in [6.45, 7) is 11.1. The molecule has 2 aromatic heterocycles. The molecule has 0 spiro atoms. The molecule has 0 amide bonds. The second kappa shape index (κ2) is 9.64. The van der Waals surface area contributed by atoms with Crippen molar-refractivity contribution in [1.29, 1.82) is 0 Å². The van der Waals surface area contributed by atoms with Crippen LogP contribution in [-0.4, -0.2) is 28.2 Å². The molecule has 26 heavy (non-hydrogen) atoms. The lowest BCUT2D eigenvalue weighted by Gasteiger charge is -2.26. The second-order valence-corrected chi connectivity index (χ2v) is 7.50. The fraction of sp³-hybridized carbons (Fsp3) is 0.524. The van der Waals surface area contributed by atoms with Crippen molar-refractivity contribution in [1.82, 2.24) is 20.6 Å². The Kier molecular flexibility index (Phi) is 7.54. The van der Waals surface area contributed by atoms with Gasteiger partial charge in [-0.1, -0.05) is 19.9 Å². The van der Waals surface area contributed by atoms with E-state index in [2.05, 4.69) is 40.5 Å². The van der Waals surface area contributed by atoms with Crippen LogP contribution in [-0.2, 0) is 12.1 Å². The molecule has 0 radical (unpaired) electrons. The molecule has 2 rings (SSSR count). The van der Waals surface area contributed by atoms with Gasteiger partial charge in [0.1, 0.15) is 11.4 Å². The quantitative estimate of drug-likeness (QED) is 0.566. The first-order valence-corrected chi connectivity index (χ1v) is 9.46. The summed E-state index contributed by atoms with van der Waals surface area (Å²) in [5, 5.41) is 16.9. The van der Waals surface area contributed by atoms with Gasteiger partial charge in [-0.25, -0.2) is 0 Å². The van der Waals surface area contributed by atoms with Crippen LogP contribution in [0.1, 0.15) is 63.4 Å². The number of rotatable bonds is 10. The van der Waals surface area contributed by atoms with E-state index in [1.165, 1.54) is 5.56 Å². The molecule has 0 aliphatic heterocycles. The van der Waals surface area contributed by atoms with Gasteiger partial charge >= 0.3 is 0 Å². The van der Waals surface area contributed by atoms with Crippen molar-refractivity contribution in [3.8, 4) is 5.75 Å². The molecule has 2 heterocycles. The summed E-state index contributed by atoms with van der Waals surface area (Å²) >= 11 is 0. The molecule has 0 saturated carbocycles. The lowest BCUT2D eigenvalue weighted by molar-refractivity contribution is 0.360. The summed E-state index contributed by atoms with van der Waals surface area (Å²) in [4.78, 5) is 8.81. The van der Waals surface area contributed by atoms with E-state index in [0.29, 0.717) is 11.6 Å². The average molecular weight is 357 g/mol. The lowest BCUT2D eigenvalue weighted by Crippen LogP contribution is -2.38. The fourth-order valence-electron chi connectivity index (χ4n) is 3.07. The third-order valence-electron chi connectivity index (χ3n) is 4.57. The van der Waals surface area contributed by atoms with E-state index in [1.807, 2.05) is 26.1 Å². The average Bonchev–Trinajstić information content (AvgIpc) is 2.61. The smallest absolute Gasteiger partial charge is 0.138 e. The van der Waals surface area contributed by atoms with Crippen molar-refractivity contribution in [3.63, 3.8) is 0 Å². The van der Waals surface area contributed by atoms with Gasteiger partial charge in [0.2, 0.25) is 0 Å². The van der Waals surface area contributed by atoms with Crippen LogP contribution in [0.5, 0.6) is 5.75 Å². The molecule has 0 bridgehead atoms. The largest absolute Gasteiger partial charge is 0.506 e. The van der Waals surface area contributed by atoms with E-state index < -0.39 is 0 Å². The van der Waals surface area contributed by atoms with Crippen LogP contribution >= 0.6 is 0 Å². The Morgan fingerprint density at radius 3 is 2.46 bits per heavy atom. The Bertz CT molecular complexity index is 685. The first-order valence-electron chi connectivity index (χ1n) is 9.46. The van der Waals surface area contributed by atoms with Gasteiger partial charge in [-0.3, -0.25) is 9.97 Å². The van der Waals surface area contributed by atoms with Crippen LogP contribution in [0.15, 0.2) is 36.7 Å². The third-order valence-corrected chi connectivity index (χ3v) is 4.57. The molecular formula is C21H32N4O. The minimum absolute atomic E-state index is 0.239. The number of nitrogens with one attached hydrogen (secondary N) is 2. The van der Waals surface area contributed by atoms with Gasteiger partial charge < -0.3 is 15.7 Å². The molecule has 0 aromatic carbocycles. The summed E-state index contributed by atoms with van der Waals surface area (Å²) in [6, 6.07) is 7.59. The summed E-state index contributed by atoms with van der Waals surface area (Å²) in [5.41, 5.74) is 2.80. The van der Waals surface area contributed by atoms with Crippen LogP contribution in [0.25, 0.3) is 0 Å². The zero-order chi connectivity index (χ0) is 19.0. The highest BCUT2D eigenvalue weighted by molar-refractivity contribution is 5.30. The summed E-state index contributed by atoms with van der Waals surface area (Å²) in [5.74, 6) is 0.734. The molecule has 5 nitrogen and oxygen atoms in total. The molecule has 2 aromatic rings. The normalized spacial score (nSPS) is 11.9. The SMILES string of the molecule is CC(C)c1cccnc1CNCCCCNC(C)(C)c1ncccc1O. The maximum atomic E-state index is 9.97. The van der Waals surface area contributed by atoms with Crippen molar-refractivity contribution in [2.45, 2.75) is 58.5 Å².